The number of amides is 1. The molecule has 3 aromatic rings. The lowest BCUT2D eigenvalue weighted by atomic mass is 10.1. The summed E-state index contributed by atoms with van der Waals surface area (Å²) in [5.74, 6) is 1.56. The van der Waals surface area contributed by atoms with Crippen molar-refractivity contribution in [2.75, 3.05) is 24.9 Å². The highest BCUT2D eigenvalue weighted by molar-refractivity contribution is 6.05. The van der Waals surface area contributed by atoms with Gasteiger partial charge in [0.2, 0.25) is 0 Å². The molecule has 3 rings (SSSR count). The van der Waals surface area contributed by atoms with Crippen LogP contribution in [0, 0.1) is 13.8 Å². The quantitative estimate of drug-likeness (QED) is 0.651. The maximum absolute atomic E-state index is 12.6. The Morgan fingerprint density at radius 1 is 0.929 bits per heavy atom. The molecule has 0 unspecified atom stereocenters. The van der Waals surface area contributed by atoms with Gasteiger partial charge in [-0.2, -0.15) is 0 Å². The van der Waals surface area contributed by atoms with Gasteiger partial charge in [-0.25, -0.2) is 4.98 Å². The highest BCUT2D eigenvalue weighted by atomic mass is 16.5. The molecule has 0 aliphatic rings. The van der Waals surface area contributed by atoms with Gasteiger partial charge in [0.1, 0.15) is 17.3 Å². The first-order chi connectivity index (χ1) is 13.5. The molecule has 28 heavy (non-hydrogen) atoms. The first-order valence-corrected chi connectivity index (χ1v) is 8.84. The van der Waals surface area contributed by atoms with Gasteiger partial charge in [0.15, 0.2) is 0 Å². The highest BCUT2D eigenvalue weighted by Crippen LogP contribution is 2.29. The third kappa shape index (κ3) is 4.40. The summed E-state index contributed by atoms with van der Waals surface area (Å²) in [5, 5.41) is 6.07. The van der Waals surface area contributed by atoms with E-state index in [2.05, 4.69) is 41.6 Å². The van der Waals surface area contributed by atoms with Crippen molar-refractivity contribution in [3.63, 3.8) is 0 Å². The average molecular weight is 377 g/mol. The number of hydrogen-bond donors (Lipinski definition) is 2. The molecule has 0 atom stereocenters. The van der Waals surface area contributed by atoms with Crippen molar-refractivity contribution in [2.45, 2.75) is 13.8 Å². The Balaban J connectivity index is 1.72. The minimum absolute atomic E-state index is 0.281. The minimum Gasteiger partial charge on any atom is -0.497 e. The molecule has 0 fully saturated rings. The highest BCUT2D eigenvalue weighted by Gasteiger charge is 2.11. The van der Waals surface area contributed by atoms with Crippen LogP contribution in [0.15, 0.2) is 54.7 Å². The second-order valence-corrected chi connectivity index (χ2v) is 6.38. The molecule has 0 bridgehead atoms. The van der Waals surface area contributed by atoms with Crippen LogP contribution in [-0.2, 0) is 0 Å². The molecule has 2 aromatic carbocycles. The van der Waals surface area contributed by atoms with Gasteiger partial charge in [-0.05, 0) is 61.4 Å². The lowest BCUT2D eigenvalue weighted by Crippen LogP contribution is -2.13. The molecule has 0 spiro atoms. The van der Waals surface area contributed by atoms with Gasteiger partial charge in [-0.1, -0.05) is 6.07 Å². The van der Waals surface area contributed by atoms with Crippen molar-refractivity contribution in [1.82, 2.24) is 4.98 Å². The van der Waals surface area contributed by atoms with E-state index in [1.807, 2.05) is 6.07 Å². The molecule has 6 heteroatoms. The Hall–Kier alpha value is -3.54. The van der Waals surface area contributed by atoms with Gasteiger partial charge in [-0.3, -0.25) is 4.79 Å². The largest absolute Gasteiger partial charge is 0.497 e. The molecule has 0 aliphatic heterocycles. The molecule has 1 amide bonds. The van der Waals surface area contributed by atoms with Crippen LogP contribution in [0.2, 0.25) is 0 Å². The average Bonchev–Trinajstić information content (AvgIpc) is 2.71. The van der Waals surface area contributed by atoms with Crippen LogP contribution in [0.5, 0.6) is 11.5 Å². The Morgan fingerprint density at radius 3 is 2.39 bits per heavy atom. The monoisotopic (exact) mass is 377 g/mol. The molecule has 6 nitrogen and oxygen atoms in total. The van der Waals surface area contributed by atoms with E-state index in [9.17, 15) is 4.79 Å². The van der Waals surface area contributed by atoms with E-state index < -0.39 is 0 Å². The Labute approximate surface area is 164 Å². The van der Waals surface area contributed by atoms with E-state index >= 15 is 0 Å². The van der Waals surface area contributed by atoms with Crippen LogP contribution >= 0.6 is 0 Å². The summed E-state index contributed by atoms with van der Waals surface area (Å²) in [6.45, 7) is 4.14. The van der Waals surface area contributed by atoms with Gasteiger partial charge in [-0.15, -0.1) is 0 Å². The number of carbonyl (C=O) groups is 1. The van der Waals surface area contributed by atoms with Crippen LogP contribution < -0.4 is 20.1 Å². The van der Waals surface area contributed by atoms with Gasteiger partial charge < -0.3 is 20.1 Å². The SMILES string of the molecule is COc1ccc(OC)c(NC(=O)c2ccc(Nc3ccc(C)c(C)c3)nc2)c1. The lowest BCUT2D eigenvalue weighted by Gasteiger charge is -2.12. The maximum Gasteiger partial charge on any atom is 0.257 e. The van der Waals surface area contributed by atoms with E-state index in [4.69, 9.17) is 9.47 Å². The third-order valence-electron chi connectivity index (χ3n) is 4.46. The Kier molecular flexibility index (Phi) is 5.79. The molecule has 1 aromatic heterocycles. The second kappa shape index (κ2) is 8.43. The molecule has 0 aliphatic carbocycles. The van der Waals surface area contributed by atoms with Gasteiger partial charge in [0.05, 0.1) is 25.5 Å². The number of rotatable bonds is 6. The Morgan fingerprint density at radius 2 is 1.75 bits per heavy atom. The third-order valence-corrected chi connectivity index (χ3v) is 4.46. The van der Waals surface area contributed by atoms with Crippen molar-refractivity contribution in [3.8, 4) is 11.5 Å². The number of aryl methyl sites for hydroxylation is 2. The van der Waals surface area contributed by atoms with Crippen molar-refractivity contribution in [2.24, 2.45) is 0 Å². The maximum atomic E-state index is 12.6. The fourth-order valence-corrected chi connectivity index (χ4v) is 2.68. The Bertz CT molecular complexity index is 985. The number of carbonyl (C=O) groups excluding carboxylic acids is 1. The normalized spacial score (nSPS) is 10.3. The summed E-state index contributed by atoms with van der Waals surface area (Å²) >= 11 is 0. The van der Waals surface area contributed by atoms with Gasteiger partial charge in [0, 0.05) is 18.0 Å². The number of benzene rings is 2. The van der Waals surface area contributed by atoms with Crippen LogP contribution in [0.1, 0.15) is 21.5 Å². The summed E-state index contributed by atoms with van der Waals surface area (Å²) in [6, 6.07) is 14.8. The molecular formula is C22H23N3O3. The van der Waals surface area contributed by atoms with Crippen LogP contribution in [0.4, 0.5) is 17.2 Å². The summed E-state index contributed by atoms with van der Waals surface area (Å²) in [6.07, 6.45) is 1.53. The standard InChI is InChI=1S/C22H23N3O3/c1-14-5-7-17(11-15(14)2)24-21-10-6-16(13-23-21)22(26)25-19-12-18(27-3)8-9-20(19)28-4/h5-13H,1-4H3,(H,23,24)(H,25,26). The predicted octanol–water partition coefficient (Wildman–Crippen LogP) is 4.71. The van der Waals surface area contributed by atoms with Crippen molar-refractivity contribution in [1.29, 1.82) is 0 Å². The molecular weight excluding hydrogens is 354 g/mol. The van der Waals surface area contributed by atoms with Crippen molar-refractivity contribution < 1.29 is 14.3 Å². The fraction of sp³-hybridized carbons (Fsp3) is 0.182. The summed E-state index contributed by atoms with van der Waals surface area (Å²) in [5.41, 5.74) is 4.36. The summed E-state index contributed by atoms with van der Waals surface area (Å²) in [4.78, 5) is 16.9. The predicted molar refractivity (Wildman–Crippen MR) is 111 cm³/mol. The number of anilines is 3. The zero-order valence-electron chi connectivity index (χ0n) is 16.4. The van der Waals surface area contributed by atoms with Gasteiger partial charge in [0.25, 0.3) is 5.91 Å². The van der Waals surface area contributed by atoms with Crippen molar-refractivity contribution >= 4 is 23.1 Å². The minimum atomic E-state index is -0.281. The number of nitrogens with zero attached hydrogens (tertiary/aromatic N) is 1. The summed E-state index contributed by atoms with van der Waals surface area (Å²) in [7, 11) is 3.12. The number of aromatic nitrogens is 1. The molecule has 2 N–H and O–H groups in total. The summed E-state index contributed by atoms with van der Waals surface area (Å²) < 4.78 is 10.5. The molecule has 0 saturated carbocycles. The van der Waals surface area contributed by atoms with Crippen molar-refractivity contribution in [3.05, 3.63) is 71.4 Å². The number of pyridine rings is 1. The molecule has 1 heterocycles. The van der Waals surface area contributed by atoms with Crippen LogP contribution in [0.25, 0.3) is 0 Å². The zero-order chi connectivity index (χ0) is 20.1. The lowest BCUT2D eigenvalue weighted by molar-refractivity contribution is 0.102. The number of nitrogens with one attached hydrogen (secondary N) is 2. The first kappa shape index (κ1) is 19.2. The van der Waals surface area contributed by atoms with Crippen LogP contribution in [0.3, 0.4) is 0 Å². The number of ether oxygens (including phenoxy) is 2. The second-order valence-electron chi connectivity index (χ2n) is 6.38. The number of methoxy groups -OCH3 is 2. The van der Waals surface area contributed by atoms with E-state index in [0.29, 0.717) is 28.6 Å². The topological polar surface area (TPSA) is 72.5 Å². The zero-order valence-corrected chi connectivity index (χ0v) is 16.4. The van der Waals surface area contributed by atoms with E-state index in [-0.39, 0.29) is 5.91 Å². The molecule has 0 radical (unpaired) electrons. The van der Waals surface area contributed by atoms with E-state index in [0.717, 1.165) is 5.69 Å². The molecule has 144 valence electrons. The van der Waals surface area contributed by atoms with E-state index in [1.54, 1.807) is 44.6 Å². The number of hydrogen-bond acceptors (Lipinski definition) is 5. The van der Waals surface area contributed by atoms with Crippen LogP contribution in [-0.4, -0.2) is 25.1 Å². The smallest absolute Gasteiger partial charge is 0.257 e. The fourth-order valence-electron chi connectivity index (χ4n) is 2.68. The van der Waals surface area contributed by atoms with Gasteiger partial charge >= 0.3 is 0 Å². The van der Waals surface area contributed by atoms with E-state index in [1.165, 1.54) is 17.3 Å². The molecule has 0 saturated heterocycles. The first-order valence-electron chi connectivity index (χ1n) is 8.84.